The van der Waals surface area contributed by atoms with E-state index in [0.717, 1.165) is 31.3 Å². The van der Waals surface area contributed by atoms with Gasteiger partial charge in [0.05, 0.1) is 6.10 Å². The van der Waals surface area contributed by atoms with Crippen LogP contribution in [-0.4, -0.2) is 11.2 Å². The van der Waals surface area contributed by atoms with Crippen LogP contribution in [0.5, 0.6) is 0 Å². The van der Waals surface area contributed by atoms with Gasteiger partial charge in [-0.05, 0) is 43.6 Å². The summed E-state index contributed by atoms with van der Waals surface area (Å²) in [6.45, 7) is 10.6. The maximum absolute atomic E-state index is 9.88. The van der Waals surface area contributed by atoms with Gasteiger partial charge in [-0.2, -0.15) is 0 Å². The standard InChI is InChI=1S/C15H24O/c1-12-7-8-14(16)13(2)6-5-10-15(3,4)11-9-12/h5,9-10,14,16H,2,6-8,11H2,1,3-4H3/t14-/m1/s1. The summed E-state index contributed by atoms with van der Waals surface area (Å²) in [5.74, 6) is 0. The number of aliphatic hydroxyl groups excluding tert-OH is 1. The molecule has 0 saturated carbocycles. The molecule has 0 fully saturated rings. The maximum Gasteiger partial charge on any atom is 0.0753 e. The average molecular weight is 220 g/mol. The first-order valence-electron chi connectivity index (χ1n) is 6.10. The van der Waals surface area contributed by atoms with Crippen LogP contribution < -0.4 is 0 Å². The van der Waals surface area contributed by atoms with Crippen LogP contribution in [0.4, 0.5) is 0 Å². The normalized spacial score (nSPS) is 27.1. The van der Waals surface area contributed by atoms with E-state index in [0.29, 0.717) is 0 Å². The first-order valence-corrected chi connectivity index (χ1v) is 6.10. The van der Waals surface area contributed by atoms with Crippen molar-refractivity contribution in [3.63, 3.8) is 0 Å². The topological polar surface area (TPSA) is 20.2 Å². The van der Waals surface area contributed by atoms with Gasteiger partial charge in [-0.25, -0.2) is 0 Å². The van der Waals surface area contributed by atoms with Gasteiger partial charge in [-0.3, -0.25) is 0 Å². The van der Waals surface area contributed by atoms with Gasteiger partial charge in [0.15, 0.2) is 0 Å². The molecular formula is C15H24O. The van der Waals surface area contributed by atoms with Crippen molar-refractivity contribution in [2.24, 2.45) is 5.41 Å². The second-order valence-electron chi connectivity index (χ2n) is 5.56. The highest BCUT2D eigenvalue weighted by atomic mass is 16.3. The zero-order valence-electron chi connectivity index (χ0n) is 10.8. The molecule has 16 heavy (non-hydrogen) atoms. The van der Waals surface area contributed by atoms with E-state index in [1.807, 2.05) is 0 Å². The third-order valence-electron chi connectivity index (χ3n) is 3.21. The second kappa shape index (κ2) is 5.49. The maximum atomic E-state index is 9.88. The Kier molecular flexibility index (Phi) is 4.55. The summed E-state index contributed by atoms with van der Waals surface area (Å²) in [5, 5.41) is 9.88. The molecule has 0 saturated heterocycles. The van der Waals surface area contributed by atoms with Crippen LogP contribution in [0.2, 0.25) is 0 Å². The summed E-state index contributed by atoms with van der Waals surface area (Å²) in [6.07, 6.45) is 9.95. The Balaban J connectivity index is 2.81. The predicted molar refractivity (Wildman–Crippen MR) is 70.3 cm³/mol. The Labute approximate surface area is 99.6 Å². The molecule has 1 aliphatic rings. The van der Waals surface area contributed by atoms with Gasteiger partial charge in [0.25, 0.3) is 0 Å². The number of hydrogen-bond donors (Lipinski definition) is 1. The van der Waals surface area contributed by atoms with Gasteiger partial charge in [0.1, 0.15) is 0 Å². The van der Waals surface area contributed by atoms with Gasteiger partial charge in [-0.15, -0.1) is 0 Å². The number of allylic oxidation sites excluding steroid dienone is 4. The summed E-state index contributed by atoms with van der Waals surface area (Å²) in [5.41, 5.74) is 2.51. The molecule has 1 rings (SSSR count). The fourth-order valence-electron chi connectivity index (χ4n) is 1.84. The number of aliphatic hydroxyl groups is 1. The van der Waals surface area contributed by atoms with Crippen molar-refractivity contribution in [1.82, 2.24) is 0 Å². The van der Waals surface area contributed by atoms with E-state index in [2.05, 4.69) is 45.6 Å². The first kappa shape index (κ1) is 13.2. The molecule has 1 heteroatoms. The molecule has 1 aliphatic carbocycles. The van der Waals surface area contributed by atoms with Crippen LogP contribution in [0, 0.1) is 5.41 Å². The highest BCUT2D eigenvalue weighted by Gasteiger charge is 2.14. The minimum atomic E-state index is -0.353. The first-order chi connectivity index (χ1) is 7.41. The Morgan fingerprint density at radius 1 is 1.44 bits per heavy atom. The zero-order valence-corrected chi connectivity index (χ0v) is 10.8. The lowest BCUT2D eigenvalue weighted by Crippen LogP contribution is -2.08. The number of rotatable bonds is 0. The van der Waals surface area contributed by atoms with Crippen molar-refractivity contribution in [3.05, 3.63) is 36.0 Å². The van der Waals surface area contributed by atoms with Gasteiger partial charge in [-0.1, -0.05) is 44.2 Å². The third kappa shape index (κ3) is 4.36. The SMILES string of the molecule is C=C1CC=CC(C)(C)CC=C(C)CC[C@H]1O. The lowest BCUT2D eigenvalue weighted by molar-refractivity contribution is 0.199. The molecule has 90 valence electrons. The van der Waals surface area contributed by atoms with Crippen molar-refractivity contribution in [1.29, 1.82) is 0 Å². The summed E-state index contributed by atoms with van der Waals surface area (Å²) >= 11 is 0. The molecule has 0 amide bonds. The van der Waals surface area contributed by atoms with E-state index in [4.69, 9.17) is 0 Å². The van der Waals surface area contributed by atoms with Crippen LogP contribution in [0.15, 0.2) is 36.0 Å². The lowest BCUT2D eigenvalue weighted by atomic mass is 9.87. The lowest BCUT2D eigenvalue weighted by Gasteiger charge is -2.18. The molecule has 0 aliphatic heterocycles. The average Bonchev–Trinajstić information content (AvgIpc) is 2.23. The molecule has 0 spiro atoms. The van der Waals surface area contributed by atoms with Crippen molar-refractivity contribution < 1.29 is 5.11 Å². The fourth-order valence-corrected chi connectivity index (χ4v) is 1.84. The van der Waals surface area contributed by atoms with Gasteiger partial charge in [0, 0.05) is 0 Å². The Morgan fingerprint density at radius 2 is 2.12 bits per heavy atom. The van der Waals surface area contributed by atoms with Crippen LogP contribution in [-0.2, 0) is 0 Å². The largest absolute Gasteiger partial charge is 0.389 e. The summed E-state index contributed by atoms with van der Waals surface area (Å²) in [4.78, 5) is 0. The monoisotopic (exact) mass is 220 g/mol. The predicted octanol–water partition coefficient (Wildman–Crippen LogP) is 4.01. The molecule has 0 bridgehead atoms. The highest BCUT2D eigenvalue weighted by molar-refractivity contribution is 5.13. The molecule has 0 aromatic carbocycles. The van der Waals surface area contributed by atoms with Crippen molar-refractivity contribution in [2.75, 3.05) is 0 Å². The van der Waals surface area contributed by atoms with Crippen LogP contribution in [0.1, 0.15) is 46.5 Å². The molecule has 0 aromatic heterocycles. The van der Waals surface area contributed by atoms with E-state index >= 15 is 0 Å². The Morgan fingerprint density at radius 3 is 2.81 bits per heavy atom. The quantitative estimate of drug-likeness (QED) is 0.612. The highest BCUT2D eigenvalue weighted by Crippen LogP contribution is 2.26. The van der Waals surface area contributed by atoms with Crippen LogP contribution >= 0.6 is 0 Å². The van der Waals surface area contributed by atoms with Crippen molar-refractivity contribution in [3.8, 4) is 0 Å². The molecule has 1 N–H and O–H groups in total. The third-order valence-corrected chi connectivity index (χ3v) is 3.21. The molecule has 0 unspecified atom stereocenters. The fraction of sp³-hybridized carbons (Fsp3) is 0.600. The van der Waals surface area contributed by atoms with Crippen LogP contribution in [0.3, 0.4) is 0 Å². The zero-order chi connectivity index (χ0) is 12.2. The summed E-state index contributed by atoms with van der Waals surface area (Å²) in [7, 11) is 0. The minimum Gasteiger partial charge on any atom is -0.389 e. The van der Waals surface area contributed by atoms with E-state index in [1.54, 1.807) is 0 Å². The Hall–Kier alpha value is -0.820. The molecule has 0 heterocycles. The van der Waals surface area contributed by atoms with Gasteiger partial charge < -0.3 is 5.11 Å². The molecule has 0 radical (unpaired) electrons. The van der Waals surface area contributed by atoms with Gasteiger partial charge in [0.2, 0.25) is 0 Å². The Bertz CT molecular complexity index is 307. The van der Waals surface area contributed by atoms with Crippen LogP contribution in [0.25, 0.3) is 0 Å². The minimum absolute atomic E-state index is 0.205. The van der Waals surface area contributed by atoms with E-state index in [9.17, 15) is 5.11 Å². The van der Waals surface area contributed by atoms with E-state index in [-0.39, 0.29) is 11.5 Å². The molecular weight excluding hydrogens is 196 g/mol. The molecule has 1 atom stereocenters. The van der Waals surface area contributed by atoms with E-state index < -0.39 is 0 Å². The molecule has 1 nitrogen and oxygen atoms in total. The van der Waals surface area contributed by atoms with Crippen molar-refractivity contribution >= 4 is 0 Å². The molecule has 0 aromatic rings. The smallest absolute Gasteiger partial charge is 0.0753 e. The summed E-state index contributed by atoms with van der Waals surface area (Å²) < 4.78 is 0. The van der Waals surface area contributed by atoms with E-state index in [1.165, 1.54) is 5.57 Å². The van der Waals surface area contributed by atoms with Gasteiger partial charge >= 0.3 is 0 Å². The van der Waals surface area contributed by atoms with Crippen molar-refractivity contribution in [2.45, 2.75) is 52.6 Å². The summed E-state index contributed by atoms with van der Waals surface area (Å²) in [6, 6.07) is 0. The number of hydrogen-bond acceptors (Lipinski definition) is 1. The second-order valence-corrected chi connectivity index (χ2v) is 5.56.